The zero-order valence-corrected chi connectivity index (χ0v) is 11.1. The summed E-state index contributed by atoms with van der Waals surface area (Å²) in [7, 11) is 1.70. The molecule has 16 heavy (non-hydrogen) atoms. The Balaban J connectivity index is 2.39. The van der Waals surface area contributed by atoms with Crippen LogP contribution in [-0.4, -0.2) is 11.9 Å². The summed E-state index contributed by atoms with van der Waals surface area (Å²) in [5.41, 5.74) is 1.36. The van der Waals surface area contributed by atoms with Gasteiger partial charge in [0.25, 0.3) is 0 Å². The van der Waals surface area contributed by atoms with Gasteiger partial charge in [-0.15, -0.1) is 0 Å². The van der Waals surface area contributed by atoms with Crippen molar-refractivity contribution in [3.63, 3.8) is 0 Å². The Morgan fingerprint density at radius 3 is 2.50 bits per heavy atom. The summed E-state index contributed by atoms with van der Waals surface area (Å²) in [6, 6.07) is 12.8. The lowest BCUT2D eigenvalue weighted by Gasteiger charge is -2.06. The SMILES string of the molecule is COc1ccc2cc(CC(C)Br)ccc2c1. The zero-order chi connectivity index (χ0) is 11.5. The number of fused-ring (bicyclic) bond motifs is 1. The molecule has 0 aliphatic rings. The van der Waals surface area contributed by atoms with E-state index in [1.54, 1.807) is 7.11 Å². The topological polar surface area (TPSA) is 9.23 Å². The Labute approximate surface area is 105 Å². The van der Waals surface area contributed by atoms with Crippen molar-refractivity contribution in [2.45, 2.75) is 18.2 Å². The molecular weight excluding hydrogens is 264 g/mol. The Bertz CT molecular complexity index is 491. The summed E-state index contributed by atoms with van der Waals surface area (Å²) in [5.74, 6) is 0.911. The van der Waals surface area contributed by atoms with Crippen LogP contribution in [0.5, 0.6) is 5.75 Å². The highest BCUT2D eigenvalue weighted by Crippen LogP contribution is 2.22. The highest BCUT2D eigenvalue weighted by Gasteiger charge is 2.01. The van der Waals surface area contributed by atoms with E-state index in [1.807, 2.05) is 6.07 Å². The number of methoxy groups -OCH3 is 1. The van der Waals surface area contributed by atoms with Crippen LogP contribution in [0.3, 0.4) is 0 Å². The van der Waals surface area contributed by atoms with Gasteiger partial charge in [0.05, 0.1) is 7.11 Å². The van der Waals surface area contributed by atoms with Crippen LogP contribution < -0.4 is 4.74 Å². The first-order valence-corrected chi connectivity index (χ1v) is 6.31. The molecule has 0 bridgehead atoms. The van der Waals surface area contributed by atoms with E-state index in [-0.39, 0.29) is 0 Å². The van der Waals surface area contributed by atoms with Crippen LogP contribution in [-0.2, 0) is 6.42 Å². The molecule has 1 unspecified atom stereocenters. The van der Waals surface area contributed by atoms with Crippen molar-refractivity contribution in [2.75, 3.05) is 7.11 Å². The fraction of sp³-hybridized carbons (Fsp3) is 0.286. The molecular formula is C14H15BrO. The molecule has 0 saturated heterocycles. The van der Waals surface area contributed by atoms with Gasteiger partial charge in [-0.25, -0.2) is 0 Å². The summed E-state index contributed by atoms with van der Waals surface area (Å²) in [5, 5.41) is 2.50. The average molecular weight is 279 g/mol. The number of hydrogen-bond donors (Lipinski definition) is 0. The van der Waals surface area contributed by atoms with Gasteiger partial charge in [0.1, 0.15) is 5.75 Å². The molecule has 1 atom stereocenters. The predicted molar refractivity (Wildman–Crippen MR) is 72.6 cm³/mol. The number of halogens is 1. The molecule has 0 spiro atoms. The van der Waals surface area contributed by atoms with Gasteiger partial charge < -0.3 is 4.74 Å². The molecule has 2 rings (SSSR count). The lowest BCUT2D eigenvalue weighted by molar-refractivity contribution is 0.415. The second-order valence-electron chi connectivity index (χ2n) is 4.03. The highest BCUT2D eigenvalue weighted by molar-refractivity contribution is 9.09. The van der Waals surface area contributed by atoms with Crippen LogP contribution >= 0.6 is 15.9 Å². The van der Waals surface area contributed by atoms with E-state index in [2.05, 4.69) is 53.2 Å². The number of alkyl halides is 1. The molecule has 2 aromatic carbocycles. The summed E-state index contributed by atoms with van der Waals surface area (Å²) < 4.78 is 5.21. The van der Waals surface area contributed by atoms with Crippen molar-refractivity contribution >= 4 is 26.7 Å². The van der Waals surface area contributed by atoms with Gasteiger partial charge in [-0.05, 0) is 34.9 Å². The molecule has 0 aromatic heterocycles. The molecule has 1 nitrogen and oxygen atoms in total. The van der Waals surface area contributed by atoms with Crippen molar-refractivity contribution in [3.05, 3.63) is 42.0 Å². The largest absolute Gasteiger partial charge is 0.497 e. The van der Waals surface area contributed by atoms with E-state index in [0.29, 0.717) is 4.83 Å². The molecule has 2 heteroatoms. The number of rotatable bonds is 3. The maximum atomic E-state index is 5.21. The Morgan fingerprint density at radius 1 is 1.12 bits per heavy atom. The minimum Gasteiger partial charge on any atom is -0.497 e. The van der Waals surface area contributed by atoms with Gasteiger partial charge in [0.15, 0.2) is 0 Å². The molecule has 0 radical (unpaired) electrons. The van der Waals surface area contributed by atoms with E-state index in [9.17, 15) is 0 Å². The third-order valence-corrected chi connectivity index (χ3v) is 2.95. The predicted octanol–water partition coefficient (Wildman–Crippen LogP) is 4.17. The van der Waals surface area contributed by atoms with Gasteiger partial charge in [0.2, 0.25) is 0 Å². The molecule has 0 N–H and O–H groups in total. The quantitative estimate of drug-likeness (QED) is 0.766. The third kappa shape index (κ3) is 2.56. The van der Waals surface area contributed by atoms with Gasteiger partial charge in [-0.1, -0.05) is 47.1 Å². The van der Waals surface area contributed by atoms with Crippen LogP contribution in [0.2, 0.25) is 0 Å². The second-order valence-corrected chi connectivity index (χ2v) is 5.60. The van der Waals surface area contributed by atoms with Crippen molar-refractivity contribution in [1.82, 2.24) is 0 Å². The van der Waals surface area contributed by atoms with E-state index in [1.165, 1.54) is 16.3 Å². The van der Waals surface area contributed by atoms with Crippen LogP contribution in [0.15, 0.2) is 36.4 Å². The minimum absolute atomic E-state index is 0.517. The van der Waals surface area contributed by atoms with Crippen LogP contribution in [0.25, 0.3) is 10.8 Å². The first-order chi connectivity index (χ1) is 7.69. The molecule has 0 saturated carbocycles. The first kappa shape index (κ1) is 11.5. The third-order valence-electron chi connectivity index (χ3n) is 2.63. The molecule has 0 aliphatic heterocycles. The Morgan fingerprint density at radius 2 is 1.81 bits per heavy atom. The van der Waals surface area contributed by atoms with E-state index in [0.717, 1.165) is 12.2 Å². The standard InChI is InChI=1S/C14H15BrO/c1-10(15)7-11-3-4-13-9-14(16-2)6-5-12(13)8-11/h3-6,8-10H,7H2,1-2H3. The van der Waals surface area contributed by atoms with Crippen molar-refractivity contribution in [2.24, 2.45) is 0 Å². The molecule has 2 aromatic rings. The zero-order valence-electron chi connectivity index (χ0n) is 9.53. The van der Waals surface area contributed by atoms with Gasteiger partial charge in [0, 0.05) is 4.83 Å². The fourth-order valence-corrected chi connectivity index (χ4v) is 2.23. The van der Waals surface area contributed by atoms with Crippen LogP contribution in [0, 0.1) is 0 Å². The van der Waals surface area contributed by atoms with Gasteiger partial charge in [-0.3, -0.25) is 0 Å². The first-order valence-electron chi connectivity index (χ1n) is 5.40. The monoisotopic (exact) mass is 278 g/mol. The molecule has 0 amide bonds. The van der Waals surface area contributed by atoms with Crippen LogP contribution in [0.1, 0.15) is 12.5 Å². The number of ether oxygens (including phenoxy) is 1. The fourth-order valence-electron chi connectivity index (χ4n) is 1.85. The second kappa shape index (κ2) is 4.88. The van der Waals surface area contributed by atoms with Crippen molar-refractivity contribution in [1.29, 1.82) is 0 Å². The van der Waals surface area contributed by atoms with Crippen LogP contribution in [0.4, 0.5) is 0 Å². The number of benzene rings is 2. The van der Waals surface area contributed by atoms with Gasteiger partial charge >= 0.3 is 0 Å². The highest BCUT2D eigenvalue weighted by atomic mass is 79.9. The minimum atomic E-state index is 0.517. The smallest absolute Gasteiger partial charge is 0.119 e. The molecule has 0 heterocycles. The maximum absolute atomic E-state index is 5.21. The Kier molecular flexibility index (Phi) is 3.49. The molecule has 84 valence electrons. The average Bonchev–Trinajstić information content (AvgIpc) is 2.27. The number of hydrogen-bond acceptors (Lipinski definition) is 1. The normalized spacial score (nSPS) is 12.7. The lowest BCUT2D eigenvalue weighted by atomic mass is 10.0. The summed E-state index contributed by atoms with van der Waals surface area (Å²) in [6.45, 7) is 2.16. The van der Waals surface area contributed by atoms with Gasteiger partial charge in [-0.2, -0.15) is 0 Å². The van der Waals surface area contributed by atoms with E-state index in [4.69, 9.17) is 4.74 Å². The molecule has 0 aliphatic carbocycles. The summed E-state index contributed by atoms with van der Waals surface area (Å²) in [4.78, 5) is 0.517. The van der Waals surface area contributed by atoms with E-state index < -0.39 is 0 Å². The summed E-state index contributed by atoms with van der Waals surface area (Å²) >= 11 is 3.58. The summed E-state index contributed by atoms with van der Waals surface area (Å²) in [6.07, 6.45) is 1.06. The lowest BCUT2D eigenvalue weighted by Crippen LogP contribution is -1.95. The molecule has 0 fully saturated rings. The van der Waals surface area contributed by atoms with Crippen molar-refractivity contribution < 1.29 is 4.74 Å². The maximum Gasteiger partial charge on any atom is 0.119 e. The van der Waals surface area contributed by atoms with E-state index >= 15 is 0 Å². The Hall–Kier alpha value is -1.02. The van der Waals surface area contributed by atoms with Crippen molar-refractivity contribution in [3.8, 4) is 5.75 Å².